The van der Waals surface area contributed by atoms with Crippen LogP contribution in [0.2, 0.25) is 0 Å². The highest BCUT2D eigenvalue weighted by Crippen LogP contribution is 2.40. The van der Waals surface area contributed by atoms with Crippen molar-refractivity contribution in [3.05, 3.63) is 87.6 Å². The summed E-state index contributed by atoms with van der Waals surface area (Å²) in [7, 11) is 0. The molecular weight excluding hydrogens is 347 g/mol. The summed E-state index contributed by atoms with van der Waals surface area (Å²) in [4.78, 5) is 16.6. The predicted octanol–water partition coefficient (Wildman–Crippen LogP) is 2.16. The average molecular weight is 362 g/mol. The van der Waals surface area contributed by atoms with Gasteiger partial charge in [-0.2, -0.15) is 10.2 Å². The summed E-state index contributed by atoms with van der Waals surface area (Å²) >= 11 is 0. The van der Waals surface area contributed by atoms with Crippen LogP contribution in [0.25, 0.3) is 10.8 Å². The molecule has 0 bridgehead atoms. The summed E-state index contributed by atoms with van der Waals surface area (Å²) in [6.07, 6.45) is 1.44. The van der Waals surface area contributed by atoms with Gasteiger partial charge in [0.15, 0.2) is 0 Å². The normalized spacial score (nSPS) is 19.1. The summed E-state index contributed by atoms with van der Waals surface area (Å²) < 4.78 is 14.1. The zero-order valence-electron chi connectivity index (χ0n) is 14.1. The summed E-state index contributed by atoms with van der Waals surface area (Å²) in [6.45, 7) is 0.399. The van der Waals surface area contributed by atoms with Crippen molar-refractivity contribution in [2.45, 2.75) is 18.5 Å². The van der Waals surface area contributed by atoms with E-state index in [0.29, 0.717) is 29.0 Å². The minimum atomic E-state index is -0.448. The smallest absolute Gasteiger partial charge is 0.272 e. The molecular formula is C19H15FN6O. The fraction of sp³-hybridized carbons (Fsp3) is 0.158. The van der Waals surface area contributed by atoms with Crippen molar-refractivity contribution in [1.82, 2.24) is 30.7 Å². The third-order valence-corrected chi connectivity index (χ3v) is 4.99. The Balaban J connectivity index is 1.83. The molecule has 3 N–H and O–H groups in total. The highest BCUT2D eigenvalue weighted by molar-refractivity contribution is 5.88. The van der Waals surface area contributed by atoms with Gasteiger partial charge in [0.2, 0.25) is 0 Å². The van der Waals surface area contributed by atoms with Crippen molar-refractivity contribution in [3.63, 3.8) is 0 Å². The zero-order chi connectivity index (χ0) is 18.4. The molecule has 0 aliphatic carbocycles. The van der Waals surface area contributed by atoms with E-state index in [1.165, 1.54) is 18.5 Å². The number of hydrogen-bond donors (Lipinski definition) is 3. The largest absolute Gasteiger partial charge is 0.305 e. The first-order valence-corrected chi connectivity index (χ1v) is 8.56. The molecule has 1 aliphatic rings. The molecule has 27 heavy (non-hydrogen) atoms. The van der Waals surface area contributed by atoms with Gasteiger partial charge in [0.25, 0.3) is 5.56 Å². The Labute approximate surface area is 152 Å². The van der Waals surface area contributed by atoms with Crippen molar-refractivity contribution < 1.29 is 4.39 Å². The van der Waals surface area contributed by atoms with Crippen molar-refractivity contribution >= 4 is 10.8 Å². The molecule has 7 nitrogen and oxygen atoms in total. The minimum Gasteiger partial charge on any atom is -0.305 e. The molecule has 0 fully saturated rings. The number of H-pyrrole nitrogens is 2. The van der Waals surface area contributed by atoms with Crippen molar-refractivity contribution in [1.29, 1.82) is 0 Å². The third kappa shape index (κ3) is 2.53. The maximum absolute atomic E-state index is 14.1. The number of nitrogens with one attached hydrogen (secondary N) is 3. The lowest BCUT2D eigenvalue weighted by Gasteiger charge is -2.24. The molecule has 0 saturated heterocycles. The Hall–Kier alpha value is -3.39. The number of hydrogen-bond acceptors (Lipinski definition) is 5. The van der Waals surface area contributed by atoms with Gasteiger partial charge >= 0.3 is 0 Å². The number of rotatable bonds is 2. The second kappa shape index (κ2) is 6.10. The Morgan fingerprint density at radius 3 is 2.74 bits per heavy atom. The van der Waals surface area contributed by atoms with Crippen LogP contribution >= 0.6 is 0 Å². The van der Waals surface area contributed by atoms with E-state index in [-0.39, 0.29) is 17.3 Å². The monoisotopic (exact) mass is 362 g/mol. The first-order chi connectivity index (χ1) is 13.2. The van der Waals surface area contributed by atoms with Gasteiger partial charge in [-0.25, -0.2) is 14.5 Å². The van der Waals surface area contributed by atoms with E-state index in [9.17, 15) is 9.18 Å². The molecule has 134 valence electrons. The zero-order valence-corrected chi connectivity index (χ0v) is 14.1. The lowest BCUT2D eigenvalue weighted by atomic mass is 9.88. The summed E-state index contributed by atoms with van der Waals surface area (Å²) in [5.41, 5.74) is 1.95. The van der Waals surface area contributed by atoms with E-state index in [0.717, 1.165) is 5.56 Å². The van der Waals surface area contributed by atoms with E-state index in [1.807, 2.05) is 30.3 Å². The highest BCUT2D eigenvalue weighted by atomic mass is 19.1. The van der Waals surface area contributed by atoms with Gasteiger partial charge in [-0.15, -0.1) is 0 Å². The van der Waals surface area contributed by atoms with Gasteiger partial charge < -0.3 is 5.32 Å². The Bertz CT molecular complexity index is 1170. The number of aromatic amines is 2. The molecule has 2 unspecified atom stereocenters. The molecule has 2 aromatic heterocycles. The fourth-order valence-electron chi connectivity index (χ4n) is 3.85. The first-order valence-electron chi connectivity index (χ1n) is 8.56. The quantitative estimate of drug-likeness (QED) is 0.507. The SMILES string of the molecule is O=c1[nH]nc2c3c(cc(F)cc13)CNC(c1ccccc1)C2c1ncn[nH]1. The number of nitrogens with zero attached hydrogens (tertiary/aromatic N) is 3. The molecule has 0 spiro atoms. The number of halogens is 1. The standard InChI is InChI=1S/C19H15FN6O/c20-12-6-11-8-21-16(10-4-2-1-3-5-10)15(18-22-9-23-25-18)17-14(11)13(7-12)19(27)26-24-17/h1-7,9,15-16,21H,8H2,(H,26,27)(H,22,23,25). The minimum absolute atomic E-state index is 0.184. The first kappa shape index (κ1) is 15.8. The predicted molar refractivity (Wildman–Crippen MR) is 96.6 cm³/mol. The molecule has 2 atom stereocenters. The molecule has 0 radical (unpaired) electrons. The molecule has 4 aromatic rings. The van der Waals surface area contributed by atoms with Crippen LogP contribution in [0.15, 0.2) is 53.6 Å². The maximum atomic E-state index is 14.1. The van der Waals surface area contributed by atoms with Gasteiger partial charge in [0.05, 0.1) is 17.0 Å². The molecule has 3 heterocycles. The van der Waals surface area contributed by atoms with Crippen LogP contribution < -0.4 is 10.9 Å². The Kier molecular flexibility index (Phi) is 3.58. The Morgan fingerprint density at radius 1 is 1.11 bits per heavy atom. The maximum Gasteiger partial charge on any atom is 0.272 e. The molecule has 5 rings (SSSR count). The number of benzene rings is 2. The second-order valence-corrected chi connectivity index (χ2v) is 6.54. The molecule has 1 aliphatic heterocycles. The lowest BCUT2D eigenvalue weighted by molar-refractivity contribution is 0.472. The van der Waals surface area contributed by atoms with E-state index < -0.39 is 11.4 Å². The van der Waals surface area contributed by atoms with Crippen LogP contribution in [-0.4, -0.2) is 25.4 Å². The van der Waals surface area contributed by atoms with Crippen molar-refractivity contribution in [2.75, 3.05) is 0 Å². The molecule has 2 aromatic carbocycles. The Morgan fingerprint density at radius 2 is 1.96 bits per heavy atom. The summed E-state index contributed by atoms with van der Waals surface area (Å²) in [6, 6.07) is 12.4. The second-order valence-electron chi connectivity index (χ2n) is 6.54. The van der Waals surface area contributed by atoms with Crippen molar-refractivity contribution in [2.24, 2.45) is 0 Å². The van der Waals surface area contributed by atoms with Crippen LogP contribution in [0.1, 0.15) is 34.6 Å². The van der Waals surface area contributed by atoms with E-state index in [2.05, 4.69) is 30.7 Å². The fourth-order valence-corrected chi connectivity index (χ4v) is 3.85. The topological polar surface area (TPSA) is 99.3 Å². The average Bonchev–Trinajstić information content (AvgIpc) is 3.16. The van der Waals surface area contributed by atoms with Gasteiger partial charge in [-0.05, 0) is 23.3 Å². The van der Waals surface area contributed by atoms with E-state index in [4.69, 9.17) is 0 Å². The number of aromatic nitrogens is 5. The third-order valence-electron chi connectivity index (χ3n) is 4.99. The lowest BCUT2D eigenvalue weighted by Crippen LogP contribution is -2.27. The summed E-state index contributed by atoms with van der Waals surface area (Å²) in [5, 5.41) is 18.2. The van der Waals surface area contributed by atoms with Gasteiger partial charge in [0, 0.05) is 18.0 Å². The van der Waals surface area contributed by atoms with Crippen LogP contribution in [0.5, 0.6) is 0 Å². The van der Waals surface area contributed by atoms with Gasteiger partial charge in [-0.1, -0.05) is 30.3 Å². The van der Waals surface area contributed by atoms with Crippen LogP contribution in [0.4, 0.5) is 4.39 Å². The van der Waals surface area contributed by atoms with Crippen LogP contribution in [0.3, 0.4) is 0 Å². The highest BCUT2D eigenvalue weighted by Gasteiger charge is 2.34. The van der Waals surface area contributed by atoms with E-state index >= 15 is 0 Å². The summed E-state index contributed by atoms with van der Waals surface area (Å²) in [5.74, 6) is -0.160. The molecule has 8 heteroatoms. The van der Waals surface area contributed by atoms with Crippen LogP contribution in [0, 0.1) is 5.82 Å². The van der Waals surface area contributed by atoms with Gasteiger partial charge in [0.1, 0.15) is 18.0 Å². The molecule has 0 amide bonds. The molecule has 0 saturated carbocycles. The van der Waals surface area contributed by atoms with E-state index in [1.54, 1.807) is 0 Å². The van der Waals surface area contributed by atoms with Crippen LogP contribution in [-0.2, 0) is 6.54 Å². The van der Waals surface area contributed by atoms with Crippen molar-refractivity contribution in [3.8, 4) is 0 Å². The van der Waals surface area contributed by atoms with Gasteiger partial charge in [-0.3, -0.25) is 9.89 Å².